The molecule has 0 heterocycles. The highest BCUT2D eigenvalue weighted by molar-refractivity contribution is 5.87. The van der Waals surface area contributed by atoms with Crippen molar-refractivity contribution in [1.29, 1.82) is 0 Å². The van der Waals surface area contributed by atoms with E-state index >= 15 is 0 Å². The largest absolute Gasteiger partial charge is 0.497 e. The smallest absolute Gasteiger partial charge is 0.242 e. The van der Waals surface area contributed by atoms with Crippen LogP contribution in [0, 0.1) is 0 Å². The number of methoxy groups -OCH3 is 1. The van der Waals surface area contributed by atoms with E-state index in [1.54, 1.807) is 26.0 Å². The molecule has 5 nitrogen and oxygen atoms in total. The van der Waals surface area contributed by atoms with Crippen LogP contribution in [0.4, 0.5) is 0 Å². The lowest BCUT2D eigenvalue weighted by atomic mass is 9.88. The fourth-order valence-electron chi connectivity index (χ4n) is 3.81. The van der Waals surface area contributed by atoms with Crippen LogP contribution in [0.15, 0.2) is 84.9 Å². The van der Waals surface area contributed by atoms with Crippen LogP contribution >= 0.6 is 0 Å². The van der Waals surface area contributed by atoms with Gasteiger partial charge in [0.2, 0.25) is 11.8 Å². The molecule has 0 fully saturated rings. The fourth-order valence-corrected chi connectivity index (χ4v) is 3.81. The Morgan fingerprint density at radius 3 is 1.88 bits per heavy atom. The molecule has 1 atom stereocenters. The highest BCUT2D eigenvalue weighted by Gasteiger charge is 2.28. The summed E-state index contributed by atoms with van der Waals surface area (Å²) in [6, 6.07) is 27.0. The van der Waals surface area contributed by atoms with Crippen molar-refractivity contribution in [1.82, 2.24) is 10.2 Å². The third kappa shape index (κ3) is 5.76. The lowest BCUT2D eigenvalue weighted by Crippen LogP contribution is -2.47. The van der Waals surface area contributed by atoms with Gasteiger partial charge in [0, 0.05) is 25.9 Å². The zero-order valence-electron chi connectivity index (χ0n) is 18.8. The molecule has 32 heavy (non-hydrogen) atoms. The Morgan fingerprint density at radius 2 is 1.41 bits per heavy atom. The molecule has 1 unspecified atom stereocenters. The van der Waals surface area contributed by atoms with E-state index in [1.807, 2.05) is 84.9 Å². The lowest BCUT2D eigenvalue weighted by Gasteiger charge is -2.30. The van der Waals surface area contributed by atoms with E-state index in [0.29, 0.717) is 6.54 Å². The second-order valence-corrected chi connectivity index (χ2v) is 7.74. The maximum atomic E-state index is 13.6. The number of hydrogen-bond acceptors (Lipinski definition) is 3. The third-order valence-electron chi connectivity index (χ3n) is 5.71. The van der Waals surface area contributed by atoms with Gasteiger partial charge in [0.1, 0.15) is 11.8 Å². The van der Waals surface area contributed by atoms with Gasteiger partial charge in [0.05, 0.1) is 7.11 Å². The summed E-state index contributed by atoms with van der Waals surface area (Å²) in [5.74, 6) is 0.386. The number of ether oxygens (including phenoxy) is 1. The number of benzene rings is 3. The predicted molar refractivity (Wildman–Crippen MR) is 126 cm³/mol. The highest BCUT2D eigenvalue weighted by Crippen LogP contribution is 2.29. The van der Waals surface area contributed by atoms with Crippen molar-refractivity contribution in [3.05, 3.63) is 102 Å². The number of rotatable bonds is 9. The molecular weight excluding hydrogens is 400 g/mol. The van der Waals surface area contributed by atoms with Gasteiger partial charge in [0.15, 0.2) is 0 Å². The van der Waals surface area contributed by atoms with E-state index in [-0.39, 0.29) is 24.2 Å². The molecule has 0 saturated heterocycles. The SMILES string of the molecule is CNC(=O)C(C)N(Cc1ccc(OC)cc1)C(=O)CC(c1ccccc1)c1ccccc1. The minimum atomic E-state index is -0.596. The monoisotopic (exact) mass is 430 g/mol. The molecule has 0 spiro atoms. The van der Waals surface area contributed by atoms with E-state index in [9.17, 15) is 9.59 Å². The second kappa shape index (κ2) is 11.1. The molecule has 0 radical (unpaired) electrons. The molecule has 0 aliphatic heterocycles. The van der Waals surface area contributed by atoms with Gasteiger partial charge in [-0.2, -0.15) is 0 Å². The summed E-state index contributed by atoms with van der Waals surface area (Å²) in [6.07, 6.45) is 0.269. The molecule has 166 valence electrons. The van der Waals surface area contributed by atoms with Gasteiger partial charge in [-0.05, 0) is 35.7 Å². The molecule has 3 rings (SSSR count). The number of hydrogen-bond donors (Lipinski definition) is 1. The summed E-state index contributed by atoms with van der Waals surface area (Å²) in [6.45, 7) is 2.11. The quantitative estimate of drug-likeness (QED) is 0.548. The van der Waals surface area contributed by atoms with Gasteiger partial charge in [0.25, 0.3) is 0 Å². The van der Waals surface area contributed by atoms with Crippen LogP contribution in [0.25, 0.3) is 0 Å². The Labute approximate surface area is 190 Å². The Hall–Kier alpha value is -3.60. The molecule has 0 aliphatic carbocycles. The van der Waals surface area contributed by atoms with E-state index in [0.717, 1.165) is 22.4 Å². The zero-order valence-corrected chi connectivity index (χ0v) is 18.8. The maximum Gasteiger partial charge on any atom is 0.242 e. The van der Waals surface area contributed by atoms with Gasteiger partial charge in [-0.15, -0.1) is 0 Å². The van der Waals surface area contributed by atoms with Crippen molar-refractivity contribution in [2.45, 2.75) is 31.8 Å². The van der Waals surface area contributed by atoms with Crippen LogP contribution < -0.4 is 10.1 Å². The summed E-state index contributed by atoms with van der Waals surface area (Å²) in [5, 5.41) is 2.67. The molecule has 0 aromatic heterocycles. The van der Waals surface area contributed by atoms with E-state index in [4.69, 9.17) is 4.74 Å². The van der Waals surface area contributed by atoms with Gasteiger partial charge < -0.3 is 15.0 Å². The molecule has 0 saturated carbocycles. The van der Waals surface area contributed by atoms with E-state index < -0.39 is 6.04 Å². The van der Waals surface area contributed by atoms with Crippen molar-refractivity contribution in [3.63, 3.8) is 0 Å². The van der Waals surface area contributed by atoms with Crippen LogP contribution in [-0.2, 0) is 16.1 Å². The summed E-state index contributed by atoms with van der Waals surface area (Å²) < 4.78 is 5.23. The van der Waals surface area contributed by atoms with E-state index in [2.05, 4.69) is 5.32 Å². The molecular formula is C27H30N2O3. The van der Waals surface area contributed by atoms with Gasteiger partial charge in [-0.3, -0.25) is 9.59 Å². The van der Waals surface area contributed by atoms with Gasteiger partial charge >= 0.3 is 0 Å². The molecule has 5 heteroatoms. The molecule has 3 aromatic carbocycles. The highest BCUT2D eigenvalue weighted by atomic mass is 16.5. The van der Waals surface area contributed by atoms with Crippen LogP contribution in [0.3, 0.4) is 0 Å². The summed E-state index contributed by atoms with van der Waals surface area (Å²) in [4.78, 5) is 27.7. The predicted octanol–water partition coefficient (Wildman–Crippen LogP) is 4.38. The Bertz CT molecular complexity index is 965. The van der Waals surface area contributed by atoms with Crippen LogP contribution in [0.2, 0.25) is 0 Å². The average Bonchev–Trinajstić information content (AvgIpc) is 2.86. The standard InChI is InChI=1S/C27H30N2O3/c1-20(27(31)28-2)29(19-21-14-16-24(32-3)17-15-21)26(30)18-25(22-10-6-4-7-11-22)23-12-8-5-9-13-23/h4-17,20,25H,18-19H2,1-3H3,(H,28,31). The average molecular weight is 431 g/mol. The topological polar surface area (TPSA) is 58.6 Å². The molecule has 3 aromatic rings. The number of nitrogens with zero attached hydrogens (tertiary/aromatic N) is 1. The lowest BCUT2D eigenvalue weighted by molar-refractivity contribution is -0.140. The zero-order chi connectivity index (χ0) is 22.9. The van der Waals surface area contributed by atoms with E-state index in [1.165, 1.54) is 0 Å². The summed E-state index contributed by atoms with van der Waals surface area (Å²) in [7, 11) is 3.21. The van der Waals surface area contributed by atoms with Crippen molar-refractivity contribution < 1.29 is 14.3 Å². The molecule has 0 aliphatic rings. The number of carbonyl (C=O) groups is 2. The Morgan fingerprint density at radius 1 is 0.875 bits per heavy atom. The number of likely N-dealkylation sites (N-methyl/N-ethyl adjacent to an activating group) is 1. The number of carbonyl (C=O) groups excluding carboxylic acids is 2. The first-order chi connectivity index (χ1) is 15.5. The van der Waals surface area contributed by atoms with Crippen molar-refractivity contribution >= 4 is 11.8 Å². The maximum absolute atomic E-state index is 13.6. The van der Waals surface area contributed by atoms with Crippen LogP contribution in [0.5, 0.6) is 5.75 Å². The first-order valence-electron chi connectivity index (χ1n) is 10.8. The normalized spacial score (nSPS) is 11.6. The van der Waals surface area contributed by atoms with Crippen molar-refractivity contribution in [3.8, 4) is 5.75 Å². The third-order valence-corrected chi connectivity index (χ3v) is 5.71. The minimum absolute atomic E-state index is 0.0744. The van der Waals surface area contributed by atoms with Gasteiger partial charge in [-0.25, -0.2) is 0 Å². The Kier molecular flexibility index (Phi) is 8.03. The summed E-state index contributed by atoms with van der Waals surface area (Å²) >= 11 is 0. The first kappa shape index (κ1) is 23.1. The van der Waals surface area contributed by atoms with Crippen molar-refractivity contribution in [2.24, 2.45) is 0 Å². The second-order valence-electron chi connectivity index (χ2n) is 7.74. The fraction of sp³-hybridized carbons (Fsp3) is 0.259. The molecule has 0 bridgehead atoms. The molecule has 1 N–H and O–H groups in total. The van der Waals surface area contributed by atoms with Crippen LogP contribution in [-0.4, -0.2) is 36.9 Å². The van der Waals surface area contributed by atoms with Gasteiger partial charge in [-0.1, -0.05) is 72.8 Å². The Balaban J connectivity index is 1.89. The van der Waals surface area contributed by atoms with Crippen molar-refractivity contribution in [2.75, 3.05) is 14.2 Å². The number of nitrogens with one attached hydrogen (secondary N) is 1. The molecule has 2 amide bonds. The summed E-state index contributed by atoms with van der Waals surface area (Å²) in [5.41, 5.74) is 3.08. The van der Waals surface area contributed by atoms with Crippen LogP contribution in [0.1, 0.15) is 36.0 Å². The first-order valence-corrected chi connectivity index (χ1v) is 10.8. The number of amides is 2. The minimum Gasteiger partial charge on any atom is -0.497 e.